The molecule has 1 N–H and O–H groups in total. The third-order valence-corrected chi connectivity index (χ3v) is 0.472. The van der Waals surface area contributed by atoms with E-state index in [1.165, 1.54) is 0 Å². The summed E-state index contributed by atoms with van der Waals surface area (Å²) in [5, 5.41) is 0. The topological polar surface area (TPSA) is 24.4 Å². The Bertz CT molecular complexity index is 64.6. The summed E-state index contributed by atoms with van der Waals surface area (Å²) < 4.78 is 3.34. The van der Waals surface area contributed by atoms with Crippen molar-refractivity contribution in [3.8, 4) is 0 Å². The van der Waals surface area contributed by atoms with Gasteiger partial charge in [-0.05, 0) is 20.8 Å². The van der Waals surface area contributed by atoms with Gasteiger partial charge in [0.2, 0.25) is 0 Å². The first-order valence-corrected chi connectivity index (χ1v) is 2.52. The first kappa shape index (κ1) is 6.82. The summed E-state index contributed by atoms with van der Waals surface area (Å²) in [7, 11) is 0. The molecule has 0 saturated heterocycles. The van der Waals surface area contributed by atoms with Crippen molar-refractivity contribution in [1.29, 1.82) is 0 Å². The Morgan fingerprint density at radius 3 is 1.86 bits per heavy atom. The van der Waals surface area contributed by atoms with Crippen molar-refractivity contribution >= 4 is 12.4 Å². The molecule has 0 fully saturated rings. The molecule has 0 aromatic carbocycles. The van der Waals surface area contributed by atoms with Crippen molar-refractivity contribution in [1.82, 2.24) is 5.43 Å². The maximum absolute atomic E-state index is 4.31. The summed E-state index contributed by atoms with van der Waals surface area (Å²) in [5.41, 5.74) is 2.75. The van der Waals surface area contributed by atoms with Crippen LogP contribution in [0.5, 0.6) is 0 Å². The van der Waals surface area contributed by atoms with Gasteiger partial charge in [0.25, 0.3) is 0 Å². The summed E-state index contributed by atoms with van der Waals surface area (Å²) in [5.74, 6) is 0. The zero-order chi connectivity index (χ0) is 5.91. The monoisotopic (exact) mass is 118 g/mol. The number of nitrogens with one attached hydrogen (secondary N) is 1. The fourth-order valence-electron chi connectivity index (χ4n) is 0.137. The lowest BCUT2D eigenvalue weighted by molar-refractivity contribution is 0.446. The standard InChI is InChI=1S/C4H10N2S/c1-4(2,3)5-6-7/h1-3H3,(H,5,7). The van der Waals surface area contributed by atoms with Gasteiger partial charge in [0.05, 0.1) is 12.4 Å². The van der Waals surface area contributed by atoms with Crippen LogP contribution in [-0.2, 0) is 12.4 Å². The van der Waals surface area contributed by atoms with E-state index in [2.05, 4.69) is 22.3 Å². The number of nitrogens with zero attached hydrogens (tertiary/aromatic N) is 1. The Morgan fingerprint density at radius 1 is 1.43 bits per heavy atom. The Morgan fingerprint density at radius 2 is 1.86 bits per heavy atom. The summed E-state index contributed by atoms with van der Waals surface area (Å²) in [6.45, 7) is 6.01. The second-order valence-electron chi connectivity index (χ2n) is 2.45. The number of rotatable bonds is 1. The Kier molecular flexibility index (Phi) is 2.15. The summed E-state index contributed by atoms with van der Waals surface area (Å²) in [6, 6.07) is 0. The molecule has 7 heavy (non-hydrogen) atoms. The molecule has 2 nitrogen and oxygen atoms in total. The van der Waals surface area contributed by atoms with Gasteiger partial charge in [-0.3, -0.25) is 5.43 Å². The minimum atomic E-state index is 0.0295. The van der Waals surface area contributed by atoms with E-state index >= 15 is 0 Å². The van der Waals surface area contributed by atoms with Gasteiger partial charge in [-0.25, -0.2) is 0 Å². The molecule has 0 aliphatic heterocycles. The van der Waals surface area contributed by atoms with Crippen molar-refractivity contribution in [2.75, 3.05) is 0 Å². The van der Waals surface area contributed by atoms with Crippen LogP contribution in [0.25, 0.3) is 0 Å². The molecule has 0 heterocycles. The average molecular weight is 118 g/mol. The van der Waals surface area contributed by atoms with Crippen LogP contribution in [0.1, 0.15) is 20.8 Å². The van der Waals surface area contributed by atoms with Crippen LogP contribution in [0.3, 0.4) is 0 Å². The van der Waals surface area contributed by atoms with Crippen molar-refractivity contribution in [3.05, 3.63) is 0 Å². The van der Waals surface area contributed by atoms with Crippen LogP contribution >= 0.6 is 0 Å². The lowest BCUT2D eigenvalue weighted by Crippen LogP contribution is -2.30. The molecule has 3 heteroatoms. The minimum Gasteiger partial charge on any atom is -0.293 e. The largest absolute Gasteiger partial charge is 0.293 e. The van der Waals surface area contributed by atoms with E-state index in [1.807, 2.05) is 20.8 Å². The quantitative estimate of drug-likeness (QED) is 0.520. The highest BCUT2D eigenvalue weighted by Gasteiger charge is 2.04. The Balaban J connectivity index is 3.34. The Labute approximate surface area is 49.4 Å². The van der Waals surface area contributed by atoms with E-state index in [-0.39, 0.29) is 5.54 Å². The molecule has 0 saturated carbocycles. The number of hydrogen-bond acceptors (Lipinski definition) is 2. The van der Waals surface area contributed by atoms with E-state index in [0.29, 0.717) is 0 Å². The molecule has 0 bridgehead atoms. The normalized spacial score (nSPS) is 10.7. The molecular weight excluding hydrogens is 108 g/mol. The van der Waals surface area contributed by atoms with E-state index in [9.17, 15) is 0 Å². The van der Waals surface area contributed by atoms with Crippen LogP contribution in [0.4, 0.5) is 0 Å². The van der Waals surface area contributed by atoms with Crippen molar-refractivity contribution in [2.45, 2.75) is 26.3 Å². The van der Waals surface area contributed by atoms with Gasteiger partial charge in [-0.15, -0.1) is 4.47 Å². The maximum atomic E-state index is 4.31. The molecule has 0 aromatic rings. The molecule has 0 aliphatic rings. The van der Waals surface area contributed by atoms with Crippen molar-refractivity contribution < 1.29 is 0 Å². The van der Waals surface area contributed by atoms with Crippen LogP contribution in [-0.4, -0.2) is 5.54 Å². The molecule has 0 atom stereocenters. The van der Waals surface area contributed by atoms with E-state index in [0.717, 1.165) is 0 Å². The highest BCUT2D eigenvalue weighted by molar-refractivity contribution is 7.47. The highest BCUT2D eigenvalue weighted by Crippen LogP contribution is 1.96. The first-order valence-electron chi connectivity index (χ1n) is 2.16. The van der Waals surface area contributed by atoms with Crippen molar-refractivity contribution in [3.63, 3.8) is 0 Å². The lowest BCUT2D eigenvalue weighted by Gasteiger charge is -2.14. The molecule has 0 aromatic heterocycles. The number of hydrogen-bond donors (Lipinski definition) is 1. The van der Waals surface area contributed by atoms with Crippen LogP contribution in [0.15, 0.2) is 4.47 Å². The third kappa shape index (κ3) is 5.82. The fourth-order valence-corrected chi connectivity index (χ4v) is 0.411. The van der Waals surface area contributed by atoms with E-state index in [1.54, 1.807) is 0 Å². The smallest absolute Gasteiger partial charge is 0.0626 e. The SMILES string of the molecule is CC(C)(C)NN=S. The zero-order valence-corrected chi connectivity index (χ0v) is 5.67. The summed E-state index contributed by atoms with van der Waals surface area (Å²) in [4.78, 5) is 0. The molecule has 0 radical (unpaired) electrons. The minimum absolute atomic E-state index is 0.0295. The maximum Gasteiger partial charge on any atom is 0.0626 e. The van der Waals surface area contributed by atoms with Crippen LogP contribution < -0.4 is 5.43 Å². The fraction of sp³-hybridized carbons (Fsp3) is 1.00. The van der Waals surface area contributed by atoms with Gasteiger partial charge in [0.15, 0.2) is 0 Å². The molecular formula is C4H10N2S. The molecule has 0 spiro atoms. The lowest BCUT2D eigenvalue weighted by atomic mass is 10.1. The van der Waals surface area contributed by atoms with Crippen LogP contribution in [0.2, 0.25) is 0 Å². The summed E-state index contributed by atoms with van der Waals surface area (Å²) in [6.07, 6.45) is 0. The van der Waals surface area contributed by atoms with Crippen molar-refractivity contribution in [2.24, 2.45) is 4.47 Å². The van der Waals surface area contributed by atoms with E-state index in [4.69, 9.17) is 0 Å². The van der Waals surface area contributed by atoms with Gasteiger partial charge >= 0.3 is 0 Å². The van der Waals surface area contributed by atoms with Gasteiger partial charge in [-0.2, -0.15) is 0 Å². The van der Waals surface area contributed by atoms with Gasteiger partial charge in [-0.1, -0.05) is 0 Å². The highest BCUT2D eigenvalue weighted by atomic mass is 32.1. The second-order valence-corrected chi connectivity index (χ2v) is 2.64. The van der Waals surface area contributed by atoms with Gasteiger partial charge < -0.3 is 0 Å². The van der Waals surface area contributed by atoms with Gasteiger partial charge in [0, 0.05) is 5.54 Å². The zero-order valence-electron chi connectivity index (χ0n) is 4.86. The van der Waals surface area contributed by atoms with Crippen LogP contribution in [0, 0.1) is 0 Å². The van der Waals surface area contributed by atoms with E-state index < -0.39 is 0 Å². The molecule has 0 rings (SSSR count). The molecule has 42 valence electrons. The Hall–Kier alpha value is -0.180. The molecule has 0 aliphatic carbocycles. The molecule has 0 unspecified atom stereocenters. The second kappa shape index (κ2) is 2.21. The average Bonchev–Trinajstić information content (AvgIpc) is 1.30. The first-order chi connectivity index (χ1) is 3.06. The predicted molar refractivity (Wildman–Crippen MR) is 32.7 cm³/mol. The predicted octanol–water partition coefficient (Wildman–Crippen LogP) is 1.02. The summed E-state index contributed by atoms with van der Waals surface area (Å²) >= 11 is 4.31. The van der Waals surface area contributed by atoms with Gasteiger partial charge in [0.1, 0.15) is 0 Å². The third-order valence-electron chi connectivity index (χ3n) is 0.381. The molecule has 0 amide bonds.